The molecular formula is C55H102O12S. The summed E-state index contributed by atoms with van der Waals surface area (Å²) in [5, 5.41) is 31.0. The molecule has 0 radical (unpaired) electrons. The summed E-state index contributed by atoms with van der Waals surface area (Å²) in [5.41, 5.74) is 0. The van der Waals surface area contributed by atoms with Gasteiger partial charge in [0.05, 0.1) is 6.61 Å². The van der Waals surface area contributed by atoms with Crippen LogP contribution < -0.4 is 0 Å². The van der Waals surface area contributed by atoms with Gasteiger partial charge < -0.3 is 34.3 Å². The van der Waals surface area contributed by atoms with Crippen molar-refractivity contribution in [1.82, 2.24) is 0 Å². The predicted octanol–water partition coefficient (Wildman–Crippen LogP) is 13.1. The SMILES string of the molecule is CCCCC/C=C\C/C=C\CCCCCCCCCCCC(=O)OC(COC(=O)CCCCCCCCCCCCCCCCCCCCCCC)COC1OC(CS(=O)(=O)O)C(O)C(O)C1O. The summed E-state index contributed by atoms with van der Waals surface area (Å²) in [7, 11) is -4.61. The number of rotatable bonds is 48. The molecule has 0 aliphatic carbocycles. The summed E-state index contributed by atoms with van der Waals surface area (Å²) in [6.07, 6.45) is 43.6. The number of esters is 2. The molecule has 1 rings (SSSR count). The van der Waals surface area contributed by atoms with Gasteiger partial charge in [-0.2, -0.15) is 8.42 Å². The molecule has 6 atom stereocenters. The minimum Gasteiger partial charge on any atom is -0.462 e. The first-order valence-corrected chi connectivity index (χ1v) is 29.5. The molecule has 0 aromatic rings. The van der Waals surface area contributed by atoms with Crippen molar-refractivity contribution in [2.75, 3.05) is 19.0 Å². The Balaban J connectivity index is 2.32. The fourth-order valence-electron chi connectivity index (χ4n) is 8.71. The normalized spacial score (nSPS) is 19.3. The Morgan fingerprint density at radius 1 is 0.500 bits per heavy atom. The van der Waals surface area contributed by atoms with Gasteiger partial charge in [-0.3, -0.25) is 14.1 Å². The maximum absolute atomic E-state index is 12.9. The van der Waals surface area contributed by atoms with Gasteiger partial charge in [-0.1, -0.05) is 224 Å². The lowest BCUT2D eigenvalue weighted by Crippen LogP contribution is -2.60. The van der Waals surface area contributed by atoms with Crippen LogP contribution in [0.2, 0.25) is 0 Å². The molecule has 68 heavy (non-hydrogen) atoms. The minimum absolute atomic E-state index is 0.163. The average molecular weight is 987 g/mol. The number of hydrogen-bond donors (Lipinski definition) is 4. The number of ether oxygens (including phenoxy) is 4. The third-order valence-corrected chi connectivity index (χ3v) is 13.8. The molecule has 6 unspecified atom stereocenters. The molecule has 0 amide bonds. The molecule has 4 N–H and O–H groups in total. The van der Waals surface area contributed by atoms with E-state index < -0.39 is 71.2 Å². The van der Waals surface area contributed by atoms with Crippen LogP contribution in [0.4, 0.5) is 0 Å². The van der Waals surface area contributed by atoms with E-state index in [4.69, 9.17) is 18.9 Å². The summed E-state index contributed by atoms with van der Waals surface area (Å²) in [4.78, 5) is 25.6. The fraction of sp³-hybridized carbons (Fsp3) is 0.891. The molecule has 0 spiro atoms. The number of allylic oxidation sites excluding steroid dienone is 4. The highest BCUT2D eigenvalue weighted by Crippen LogP contribution is 2.24. The largest absolute Gasteiger partial charge is 0.462 e. The van der Waals surface area contributed by atoms with Gasteiger partial charge in [0.2, 0.25) is 0 Å². The Morgan fingerprint density at radius 3 is 1.32 bits per heavy atom. The van der Waals surface area contributed by atoms with Crippen molar-refractivity contribution in [2.24, 2.45) is 0 Å². The zero-order valence-electron chi connectivity index (χ0n) is 43.2. The molecule has 0 aromatic carbocycles. The second-order valence-corrected chi connectivity index (χ2v) is 21.1. The van der Waals surface area contributed by atoms with Gasteiger partial charge in [-0.25, -0.2) is 0 Å². The Labute approximate surface area is 415 Å². The Morgan fingerprint density at radius 2 is 0.882 bits per heavy atom. The maximum Gasteiger partial charge on any atom is 0.306 e. The summed E-state index contributed by atoms with van der Waals surface area (Å²) in [6.45, 7) is 3.79. The van der Waals surface area contributed by atoms with Crippen LogP contribution in [0, 0.1) is 0 Å². The van der Waals surface area contributed by atoms with Crippen molar-refractivity contribution in [1.29, 1.82) is 0 Å². The smallest absolute Gasteiger partial charge is 0.306 e. The number of aliphatic hydroxyl groups excluding tert-OH is 3. The van der Waals surface area contributed by atoms with E-state index in [1.165, 1.54) is 167 Å². The number of unbranched alkanes of at least 4 members (excludes halogenated alkanes) is 32. The quantitative estimate of drug-likeness (QED) is 0.0196. The van der Waals surface area contributed by atoms with E-state index in [-0.39, 0.29) is 19.4 Å². The molecule has 1 saturated heterocycles. The van der Waals surface area contributed by atoms with E-state index >= 15 is 0 Å². The molecule has 12 nitrogen and oxygen atoms in total. The van der Waals surface area contributed by atoms with Crippen LogP contribution in [-0.2, 0) is 38.7 Å². The second-order valence-electron chi connectivity index (χ2n) is 19.6. The van der Waals surface area contributed by atoms with Gasteiger partial charge in [0.1, 0.15) is 36.8 Å². The van der Waals surface area contributed by atoms with Crippen molar-refractivity contribution >= 4 is 22.1 Å². The van der Waals surface area contributed by atoms with Crippen molar-refractivity contribution < 1.29 is 56.8 Å². The zero-order chi connectivity index (χ0) is 49.8. The average Bonchev–Trinajstić information content (AvgIpc) is 3.31. The first kappa shape index (κ1) is 64.1. The molecule has 0 saturated carbocycles. The van der Waals surface area contributed by atoms with E-state index in [2.05, 4.69) is 38.2 Å². The number of carbonyl (C=O) groups is 2. The van der Waals surface area contributed by atoms with Crippen LogP contribution in [0.3, 0.4) is 0 Å². The molecular weight excluding hydrogens is 885 g/mol. The standard InChI is InChI=1S/C55H102O12S/c1-3-5-7-9-11-13-15-17-19-21-23-24-26-27-29-31-33-35-37-39-41-43-50(56)64-45-48(46-65-55-54(60)53(59)52(58)49(67-55)47-68(61,62)63)66-51(57)44-42-40-38-36-34-32-30-28-25-22-20-18-16-14-12-10-8-6-4-2/h12,14,18,20,48-49,52-55,58-60H,3-11,13,15-17,19,21-47H2,1-2H3,(H,61,62,63)/b14-12-,20-18-. The topological polar surface area (TPSA) is 186 Å². The molecule has 1 aliphatic heterocycles. The molecule has 1 heterocycles. The maximum atomic E-state index is 12.9. The lowest BCUT2D eigenvalue weighted by atomic mass is 10.00. The molecule has 0 aromatic heterocycles. The Bertz CT molecular complexity index is 1340. The highest BCUT2D eigenvalue weighted by molar-refractivity contribution is 7.85. The first-order valence-electron chi connectivity index (χ1n) is 27.9. The minimum atomic E-state index is -4.61. The first-order chi connectivity index (χ1) is 33.0. The van der Waals surface area contributed by atoms with Crippen LogP contribution in [0.15, 0.2) is 24.3 Å². The van der Waals surface area contributed by atoms with Crippen LogP contribution in [0.1, 0.15) is 258 Å². The van der Waals surface area contributed by atoms with E-state index in [0.717, 1.165) is 51.4 Å². The van der Waals surface area contributed by atoms with E-state index in [1.807, 2.05) is 0 Å². The van der Waals surface area contributed by atoms with Crippen molar-refractivity contribution in [3.63, 3.8) is 0 Å². The summed E-state index contributed by atoms with van der Waals surface area (Å²) < 4.78 is 54.4. The van der Waals surface area contributed by atoms with Crippen LogP contribution in [-0.4, -0.2) is 96.0 Å². The van der Waals surface area contributed by atoms with Crippen molar-refractivity contribution in [2.45, 2.75) is 295 Å². The van der Waals surface area contributed by atoms with Gasteiger partial charge in [0.25, 0.3) is 10.1 Å². The lowest BCUT2D eigenvalue weighted by Gasteiger charge is -2.40. The predicted molar refractivity (Wildman–Crippen MR) is 275 cm³/mol. The Kier molecular flexibility index (Phi) is 42.5. The zero-order valence-corrected chi connectivity index (χ0v) is 44.0. The number of aliphatic hydroxyl groups is 3. The van der Waals surface area contributed by atoms with Crippen LogP contribution in [0.5, 0.6) is 0 Å². The second kappa shape index (κ2) is 45.0. The molecule has 400 valence electrons. The molecule has 0 bridgehead atoms. The highest BCUT2D eigenvalue weighted by Gasteiger charge is 2.46. The van der Waals surface area contributed by atoms with Gasteiger partial charge in [-0.15, -0.1) is 0 Å². The summed E-state index contributed by atoms with van der Waals surface area (Å²) >= 11 is 0. The summed E-state index contributed by atoms with van der Waals surface area (Å²) in [5.74, 6) is -1.97. The summed E-state index contributed by atoms with van der Waals surface area (Å²) in [6, 6.07) is 0. The fourth-order valence-corrected chi connectivity index (χ4v) is 9.40. The van der Waals surface area contributed by atoms with E-state index in [9.17, 15) is 37.9 Å². The van der Waals surface area contributed by atoms with Crippen molar-refractivity contribution in [3.8, 4) is 0 Å². The highest BCUT2D eigenvalue weighted by atomic mass is 32.2. The van der Waals surface area contributed by atoms with Gasteiger partial charge in [0.15, 0.2) is 12.4 Å². The van der Waals surface area contributed by atoms with E-state index in [0.29, 0.717) is 12.8 Å². The third kappa shape index (κ3) is 38.8. The van der Waals surface area contributed by atoms with Gasteiger partial charge in [-0.05, 0) is 44.9 Å². The monoisotopic (exact) mass is 987 g/mol. The molecule has 1 fully saturated rings. The molecule has 1 aliphatic rings. The van der Waals surface area contributed by atoms with Crippen molar-refractivity contribution in [3.05, 3.63) is 24.3 Å². The van der Waals surface area contributed by atoms with Gasteiger partial charge in [0, 0.05) is 12.8 Å². The molecule has 13 heteroatoms. The third-order valence-electron chi connectivity index (χ3n) is 13.0. The van der Waals surface area contributed by atoms with E-state index in [1.54, 1.807) is 0 Å². The number of hydrogen-bond acceptors (Lipinski definition) is 11. The van der Waals surface area contributed by atoms with Gasteiger partial charge >= 0.3 is 11.9 Å². The van der Waals surface area contributed by atoms with Crippen LogP contribution >= 0.6 is 0 Å². The lowest BCUT2D eigenvalue weighted by molar-refractivity contribution is -0.297. The van der Waals surface area contributed by atoms with Crippen LogP contribution in [0.25, 0.3) is 0 Å². The Hall–Kier alpha value is -1.87. The number of carbonyl (C=O) groups excluding carboxylic acids is 2.